The molecule has 1 aromatic rings. The van der Waals surface area contributed by atoms with Crippen molar-refractivity contribution in [2.45, 2.75) is 4.90 Å². The number of amides is 1. The first-order chi connectivity index (χ1) is 7.90. The van der Waals surface area contributed by atoms with E-state index in [1.807, 2.05) is 0 Å². The SMILES string of the molecule is Cl.NC(N)=NC(=O)c1ccc2c(c1)C=CS2(=O)=O. The summed E-state index contributed by atoms with van der Waals surface area (Å²) in [5.41, 5.74) is 10.9. The molecule has 0 bridgehead atoms. The Morgan fingerprint density at radius 3 is 2.50 bits per heavy atom. The molecule has 1 aliphatic heterocycles. The summed E-state index contributed by atoms with van der Waals surface area (Å²) in [5.74, 6) is -0.941. The van der Waals surface area contributed by atoms with Gasteiger partial charge in [-0.05, 0) is 29.8 Å². The average molecular weight is 288 g/mol. The molecule has 0 radical (unpaired) electrons. The van der Waals surface area contributed by atoms with E-state index in [-0.39, 0.29) is 28.8 Å². The van der Waals surface area contributed by atoms with Crippen LogP contribution in [-0.2, 0) is 9.84 Å². The molecule has 1 heterocycles. The molecular weight excluding hydrogens is 278 g/mol. The van der Waals surface area contributed by atoms with Gasteiger partial charge in [-0.15, -0.1) is 12.4 Å². The molecule has 0 spiro atoms. The fraction of sp³-hybridized carbons (Fsp3) is 0. The fourth-order valence-corrected chi connectivity index (χ4v) is 2.67. The van der Waals surface area contributed by atoms with Crippen LogP contribution >= 0.6 is 12.4 Å². The second kappa shape index (κ2) is 4.79. The van der Waals surface area contributed by atoms with Gasteiger partial charge in [0, 0.05) is 11.0 Å². The van der Waals surface area contributed by atoms with Crippen LogP contribution in [0.1, 0.15) is 15.9 Å². The average Bonchev–Trinajstić information content (AvgIpc) is 2.53. The van der Waals surface area contributed by atoms with Gasteiger partial charge in [0.05, 0.1) is 4.90 Å². The van der Waals surface area contributed by atoms with Crippen molar-refractivity contribution in [2.24, 2.45) is 16.5 Å². The van der Waals surface area contributed by atoms with Gasteiger partial charge in [0.15, 0.2) is 15.8 Å². The summed E-state index contributed by atoms with van der Waals surface area (Å²) in [5, 5.41) is 1.09. The second-order valence-electron chi connectivity index (χ2n) is 3.44. The van der Waals surface area contributed by atoms with Gasteiger partial charge in [-0.3, -0.25) is 4.79 Å². The largest absolute Gasteiger partial charge is 0.370 e. The van der Waals surface area contributed by atoms with E-state index in [1.54, 1.807) is 0 Å². The van der Waals surface area contributed by atoms with E-state index < -0.39 is 15.7 Å². The number of guanidine groups is 1. The van der Waals surface area contributed by atoms with Gasteiger partial charge in [0.25, 0.3) is 5.91 Å². The molecule has 0 unspecified atom stereocenters. The lowest BCUT2D eigenvalue weighted by Gasteiger charge is -2.00. The summed E-state index contributed by atoms with van der Waals surface area (Å²) in [6.07, 6.45) is 1.43. The van der Waals surface area contributed by atoms with Crippen molar-refractivity contribution in [3.05, 3.63) is 34.7 Å². The Hall–Kier alpha value is -1.86. The molecule has 0 atom stereocenters. The molecule has 6 nitrogen and oxygen atoms in total. The first-order valence-electron chi connectivity index (χ1n) is 4.61. The Balaban J connectivity index is 0.00000162. The van der Waals surface area contributed by atoms with Crippen LogP contribution in [0.2, 0.25) is 0 Å². The van der Waals surface area contributed by atoms with Crippen molar-refractivity contribution in [3.63, 3.8) is 0 Å². The molecule has 0 fully saturated rings. The maximum Gasteiger partial charge on any atom is 0.280 e. The van der Waals surface area contributed by atoms with Gasteiger partial charge in [-0.1, -0.05) is 0 Å². The minimum absolute atomic E-state index is 0. The van der Waals surface area contributed by atoms with Crippen LogP contribution in [-0.4, -0.2) is 20.3 Å². The van der Waals surface area contributed by atoms with Crippen LogP contribution < -0.4 is 11.5 Å². The quantitative estimate of drug-likeness (QED) is 0.568. The van der Waals surface area contributed by atoms with Gasteiger partial charge in [0.2, 0.25) is 0 Å². The van der Waals surface area contributed by atoms with Crippen molar-refractivity contribution in [3.8, 4) is 0 Å². The van der Waals surface area contributed by atoms with Crippen molar-refractivity contribution in [1.29, 1.82) is 0 Å². The van der Waals surface area contributed by atoms with E-state index >= 15 is 0 Å². The van der Waals surface area contributed by atoms with Gasteiger partial charge in [-0.25, -0.2) is 8.42 Å². The summed E-state index contributed by atoms with van der Waals surface area (Å²) < 4.78 is 22.9. The number of nitrogens with zero attached hydrogens (tertiary/aromatic N) is 1. The number of hydrogen-bond donors (Lipinski definition) is 2. The summed E-state index contributed by atoms with van der Waals surface area (Å²) in [4.78, 5) is 15.0. The summed E-state index contributed by atoms with van der Waals surface area (Å²) >= 11 is 0. The second-order valence-corrected chi connectivity index (χ2v) is 5.24. The van der Waals surface area contributed by atoms with E-state index in [0.29, 0.717) is 5.56 Å². The van der Waals surface area contributed by atoms with E-state index in [0.717, 1.165) is 5.41 Å². The standard InChI is InChI=1S/C10H9N3O3S.ClH/c11-10(12)13-9(14)7-1-2-8-6(5-7)3-4-17(8,15)16;/h1-5H,(H4,11,12,13,14);1H. The highest BCUT2D eigenvalue weighted by Crippen LogP contribution is 2.27. The molecule has 0 aromatic heterocycles. The van der Waals surface area contributed by atoms with Crippen LogP contribution in [0.4, 0.5) is 0 Å². The third-order valence-electron chi connectivity index (χ3n) is 2.22. The molecule has 96 valence electrons. The van der Waals surface area contributed by atoms with E-state index in [4.69, 9.17) is 11.5 Å². The molecule has 8 heteroatoms. The van der Waals surface area contributed by atoms with Gasteiger partial charge >= 0.3 is 0 Å². The fourth-order valence-electron chi connectivity index (χ4n) is 1.49. The van der Waals surface area contributed by atoms with E-state index in [9.17, 15) is 13.2 Å². The lowest BCUT2D eigenvalue weighted by molar-refractivity contribution is 0.100. The van der Waals surface area contributed by atoms with Crippen LogP contribution in [0.25, 0.3) is 6.08 Å². The maximum absolute atomic E-state index is 11.5. The molecule has 0 saturated carbocycles. The van der Waals surface area contributed by atoms with Crippen molar-refractivity contribution >= 4 is 40.2 Å². The number of fused-ring (bicyclic) bond motifs is 1. The molecule has 1 amide bonds. The number of nitrogens with two attached hydrogens (primary N) is 2. The maximum atomic E-state index is 11.5. The van der Waals surface area contributed by atoms with Crippen LogP contribution in [0.15, 0.2) is 33.5 Å². The molecule has 2 rings (SSSR count). The number of hydrogen-bond acceptors (Lipinski definition) is 3. The highest BCUT2D eigenvalue weighted by molar-refractivity contribution is 7.94. The van der Waals surface area contributed by atoms with E-state index in [2.05, 4.69) is 4.99 Å². The van der Waals surface area contributed by atoms with Gasteiger partial charge < -0.3 is 11.5 Å². The monoisotopic (exact) mass is 287 g/mol. The Morgan fingerprint density at radius 1 is 1.22 bits per heavy atom. The number of benzene rings is 1. The summed E-state index contributed by atoms with van der Waals surface area (Å²) in [6.45, 7) is 0. The number of sulfone groups is 1. The lowest BCUT2D eigenvalue weighted by Crippen LogP contribution is -2.24. The zero-order chi connectivity index (χ0) is 12.6. The molecular formula is C10H10ClN3O3S. The van der Waals surface area contributed by atoms with Gasteiger partial charge in [-0.2, -0.15) is 4.99 Å². The molecule has 1 aliphatic rings. The van der Waals surface area contributed by atoms with Crippen molar-refractivity contribution < 1.29 is 13.2 Å². The molecule has 18 heavy (non-hydrogen) atoms. The predicted octanol–water partition coefficient (Wildman–Crippen LogP) is 0.280. The number of rotatable bonds is 1. The Bertz CT molecular complexity index is 661. The first-order valence-corrected chi connectivity index (χ1v) is 6.16. The Morgan fingerprint density at radius 2 is 1.89 bits per heavy atom. The van der Waals surface area contributed by atoms with Crippen LogP contribution in [0, 0.1) is 0 Å². The van der Waals surface area contributed by atoms with Crippen molar-refractivity contribution in [1.82, 2.24) is 0 Å². The number of halogens is 1. The highest BCUT2D eigenvalue weighted by atomic mass is 35.5. The summed E-state index contributed by atoms with van der Waals surface area (Å²) in [7, 11) is -3.35. The predicted molar refractivity (Wildman–Crippen MR) is 70.1 cm³/mol. The molecule has 0 aliphatic carbocycles. The Labute approximate surface area is 110 Å². The number of carbonyl (C=O) groups is 1. The van der Waals surface area contributed by atoms with Crippen molar-refractivity contribution in [2.75, 3.05) is 0 Å². The smallest absolute Gasteiger partial charge is 0.280 e. The number of carbonyl (C=O) groups excluding carboxylic acids is 1. The normalized spacial score (nSPS) is 14.4. The van der Waals surface area contributed by atoms with Crippen LogP contribution in [0.3, 0.4) is 0 Å². The van der Waals surface area contributed by atoms with Crippen LogP contribution in [0.5, 0.6) is 0 Å². The van der Waals surface area contributed by atoms with E-state index in [1.165, 1.54) is 24.3 Å². The number of aliphatic imine (C=N–C) groups is 1. The molecule has 4 N–H and O–H groups in total. The lowest BCUT2D eigenvalue weighted by atomic mass is 10.1. The topological polar surface area (TPSA) is 116 Å². The highest BCUT2D eigenvalue weighted by Gasteiger charge is 2.21. The third kappa shape index (κ3) is 2.52. The van der Waals surface area contributed by atoms with Gasteiger partial charge in [0.1, 0.15) is 0 Å². The summed E-state index contributed by atoms with van der Waals surface area (Å²) in [6, 6.07) is 4.17. The Kier molecular flexibility index (Phi) is 3.78. The zero-order valence-corrected chi connectivity index (χ0v) is 10.7. The molecule has 0 saturated heterocycles. The minimum Gasteiger partial charge on any atom is -0.370 e. The minimum atomic E-state index is -3.35. The zero-order valence-electron chi connectivity index (χ0n) is 9.03. The first kappa shape index (κ1) is 14.2. The molecule has 1 aromatic carbocycles. The third-order valence-corrected chi connectivity index (χ3v) is 3.70.